The first-order chi connectivity index (χ1) is 13.7. The summed E-state index contributed by atoms with van der Waals surface area (Å²) in [5.74, 6) is -0.208. The van der Waals surface area contributed by atoms with Gasteiger partial charge in [-0.2, -0.15) is 5.10 Å². The summed E-state index contributed by atoms with van der Waals surface area (Å²) >= 11 is 6.02. The molecule has 0 spiro atoms. The summed E-state index contributed by atoms with van der Waals surface area (Å²) in [4.78, 5) is 16.5. The molecule has 0 saturated carbocycles. The van der Waals surface area contributed by atoms with E-state index in [-0.39, 0.29) is 5.91 Å². The third kappa shape index (κ3) is 4.29. The highest BCUT2D eigenvalue weighted by molar-refractivity contribution is 6.30. The highest BCUT2D eigenvalue weighted by atomic mass is 35.5. The molecule has 28 heavy (non-hydrogen) atoms. The van der Waals surface area contributed by atoms with Crippen LogP contribution < -0.4 is 5.32 Å². The van der Waals surface area contributed by atoms with E-state index in [9.17, 15) is 4.79 Å². The molecule has 0 aliphatic carbocycles. The molecule has 2 aromatic carbocycles. The minimum absolute atomic E-state index is 0.208. The maximum Gasteiger partial charge on any atom is 0.269 e. The quantitative estimate of drug-likeness (QED) is 0.523. The molecule has 2 N–H and O–H groups in total. The van der Waals surface area contributed by atoms with Gasteiger partial charge in [0, 0.05) is 36.1 Å². The molecule has 0 fully saturated rings. The Balaban J connectivity index is 1.39. The molecule has 0 unspecified atom stereocenters. The van der Waals surface area contributed by atoms with Crippen molar-refractivity contribution in [1.29, 1.82) is 0 Å². The van der Waals surface area contributed by atoms with Crippen LogP contribution in [0, 0.1) is 0 Å². The molecule has 0 aliphatic heterocycles. The normalized spacial score (nSPS) is 10.8. The van der Waals surface area contributed by atoms with E-state index in [1.165, 1.54) is 0 Å². The second kappa shape index (κ2) is 8.10. The number of halogens is 1. The summed E-state index contributed by atoms with van der Waals surface area (Å²) in [6.07, 6.45) is 5.46. The predicted octanol–water partition coefficient (Wildman–Crippen LogP) is 3.90. The van der Waals surface area contributed by atoms with Gasteiger partial charge in [0.1, 0.15) is 5.69 Å². The number of rotatable bonds is 6. The van der Waals surface area contributed by atoms with Gasteiger partial charge in [-0.3, -0.25) is 9.89 Å². The van der Waals surface area contributed by atoms with Crippen LogP contribution in [0.3, 0.4) is 0 Å². The molecule has 7 heteroatoms. The van der Waals surface area contributed by atoms with E-state index in [1.54, 1.807) is 24.7 Å². The summed E-state index contributed by atoms with van der Waals surface area (Å²) in [6, 6.07) is 17.2. The summed E-state index contributed by atoms with van der Waals surface area (Å²) in [6.45, 7) is 1.17. The molecule has 2 heterocycles. The molecule has 0 bridgehead atoms. The summed E-state index contributed by atoms with van der Waals surface area (Å²) in [5.41, 5.74) is 4.12. The van der Waals surface area contributed by atoms with Crippen molar-refractivity contribution >= 4 is 17.5 Å². The van der Waals surface area contributed by atoms with Crippen LogP contribution in [0.2, 0.25) is 5.02 Å². The van der Waals surface area contributed by atoms with Crippen LogP contribution in [-0.2, 0) is 13.1 Å². The second-order valence-corrected chi connectivity index (χ2v) is 6.85. The lowest BCUT2D eigenvalue weighted by molar-refractivity contribution is 0.0946. The van der Waals surface area contributed by atoms with Crippen LogP contribution in [0.1, 0.15) is 21.6 Å². The Bertz CT molecular complexity index is 1090. The fourth-order valence-corrected chi connectivity index (χ4v) is 3.13. The largest absolute Gasteiger partial charge is 0.347 e. The average Bonchev–Trinajstić information content (AvgIpc) is 3.38. The standard InChI is InChI=1S/C21H18ClN5O/c22-18-6-2-5-17(10-18)19-11-20(26-25-19)21(28)24-12-15-3-1-4-16(9-15)13-27-8-7-23-14-27/h1-11,14H,12-13H2,(H,24,28)(H,25,26). The van der Waals surface area contributed by atoms with Gasteiger partial charge in [0.15, 0.2) is 0 Å². The molecule has 1 amide bonds. The molecular formula is C21H18ClN5O. The molecule has 4 rings (SSSR count). The monoisotopic (exact) mass is 391 g/mol. The van der Waals surface area contributed by atoms with E-state index < -0.39 is 0 Å². The number of aromatic nitrogens is 4. The summed E-state index contributed by atoms with van der Waals surface area (Å²) < 4.78 is 2.00. The molecule has 4 aromatic rings. The first kappa shape index (κ1) is 18.0. The van der Waals surface area contributed by atoms with Gasteiger partial charge >= 0.3 is 0 Å². The summed E-state index contributed by atoms with van der Waals surface area (Å²) in [5, 5.41) is 10.5. The van der Waals surface area contributed by atoms with Gasteiger partial charge in [-0.05, 0) is 29.3 Å². The number of nitrogens with one attached hydrogen (secondary N) is 2. The lowest BCUT2D eigenvalue weighted by Crippen LogP contribution is -2.23. The number of aromatic amines is 1. The number of carbonyl (C=O) groups excluding carboxylic acids is 1. The molecule has 0 radical (unpaired) electrons. The first-order valence-electron chi connectivity index (χ1n) is 8.80. The SMILES string of the molecule is O=C(NCc1cccc(Cn2ccnc2)c1)c1cc(-c2cccc(Cl)c2)n[nH]1. The highest BCUT2D eigenvalue weighted by Gasteiger charge is 2.11. The van der Waals surface area contributed by atoms with E-state index in [1.807, 2.05) is 41.1 Å². The maximum absolute atomic E-state index is 12.5. The number of carbonyl (C=O) groups is 1. The number of H-pyrrole nitrogens is 1. The smallest absolute Gasteiger partial charge is 0.269 e. The molecule has 0 aliphatic rings. The molecule has 0 atom stereocenters. The number of nitrogens with zero attached hydrogens (tertiary/aromatic N) is 3. The number of benzene rings is 2. The Hall–Kier alpha value is -3.38. The van der Waals surface area contributed by atoms with Gasteiger partial charge < -0.3 is 9.88 Å². The molecule has 2 aromatic heterocycles. The van der Waals surface area contributed by atoms with Crippen LogP contribution in [-0.4, -0.2) is 25.7 Å². The third-order valence-corrected chi connectivity index (χ3v) is 4.55. The second-order valence-electron chi connectivity index (χ2n) is 6.41. The number of amides is 1. The van der Waals surface area contributed by atoms with E-state index in [2.05, 4.69) is 32.6 Å². The zero-order valence-corrected chi connectivity index (χ0v) is 15.7. The molecule has 6 nitrogen and oxygen atoms in total. The lowest BCUT2D eigenvalue weighted by atomic mass is 10.1. The van der Waals surface area contributed by atoms with Gasteiger partial charge in [0.25, 0.3) is 5.91 Å². The number of imidazole rings is 1. The number of hydrogen-bond donors (Lipinski definition) is 2. The molecule has 0 saturated heterocycles. The van der Waals surface area contributed by atoms with Crippen molar-refractivity contribution in [2.45, 2.75) is 13.1 Å². The van der Waals surface area contributed by atoms with Crippen molar-refractivity contribution in [3.05, 3.63) is 95.2 Å². The zero-order valence-electron chi connectivity index (χ0n) is 15.0. The van der Waals surface area contributed by atoms with E-state index in [0.29, 0.717) is 23.0 Å². The maximum atomic E-state index is 12.5. The van der Waals surface area contributed by atoms with Crippen molar-refractivity contribution in [1.82, 2.24) is 25.1 Å². The van der Waals surface area contributed by atoms with E-state index in [4.69, 9.17) is 11.6 Å². The fourth-order valence-electron chi connectivity index (χ4n) is 2.94. The van der Waals surface area contributed by atoms with Crippen molar-refractivity contribution in [2.24, 2.45) is 0 Å². The molecular weight excluding hydrogens is 374 g/mol. The van der Waals surface area contributed by atoms with Crippen LogP contribution in [0.4, 0.5) is 0 Å². The topological polar surface area (TPSA) is 75.6 Å². The molecule has 140 valence electrons. The van der Waals surface area contributed by atoms with Crippen molar-refractivity contribution in [3.8, 4) is 11.3 Å². The van der Waals surface area contributed by atoms with Gasteiger partial charge in [0.2, 0.25) is 0 Å². The van der Waals surface area contributed by atoms with Crippen LogP contribution in [0.15, 0.2) is 73.3 Å². The van der Waals surface area contributed by atoms with Gasteiger partial charge in [-0.25, -0.2) is 4.98 Å². The summed E-state index contributed by atoms with van der Waals surface area (Å²) in [7, 11) is 0. The van der Waals surface area contributed by atoms with Gasteiger partial charge in [-0.15, -0.1) is 0 Å². The lowest BCUT2D eigenvalue weighted by Gasteiger charge is -2.07. The number of hydrogen-bond acceptors (Lipinski definition) is 3. The highest BCUT2D eigenvalue weighted by Crippen LogP contribution is 2.21. The van der Waals surface area contributed by atoms with Crippen molar-refractivity contribution < 1.29 is 4.79 Å². The van der Waals surface area contributed by atoms with Gasteiger partial charge in [0.05, 0.1) is 12.0 Å². The van der Waals surface area contributed by atoms with Crippen LogP contribution in [0.25, 0.3) is 11.3 Å². The third-order valence-electron chi connectivity index (χ3n) is 4.31. The first-order valence-corrected chi connectivity index (χ1v) is 9.18. The zero-order chi connectivity index (χ0) is 19.3. The van der Waals surface area contributed by atoms with Crippen LogP contribution >= 0.6 is 11.6 Å². The van der Waals surface area contributed by atoms with Crippen molar-refractivity contribution in [3.63, 3.8) is 0 Å². The van der Waals surface area contributed by atoms with Crippen molar-refractivity contribution in [2.75, 3.05) is 0 Å². The Labute approximate surface area is 167 Å². The Kier molecular flexibility index (Phi) is 5.21. The Morgan fingerprint density at radius 2 is 1.96 bits per heavy atom. The minimum Gasteiger partial charge on any atom is -0.347 e. The Morgan fingerprint density at radius 3 is 2.79 bits per heavy atom. The fraction of sp³-hybridized carbons (Fsp3) is 0.0952. The minimum atomic E-state index is -0.208. The average molecular weight is 392 g/mol. The predicted molar refractivity (Wildman–Crippen MR) is 108 cm³/mol. The van der Waals surface area contributed by atoms with E-state index in [0.717, 1.165) is 23.2 Å². The van der Waals surface area contributed by atoms with E-state index >= 15 is 0 Å². The Morgan fingerprint density at radius 1 is 1.11 bits per heavy atom. The van der Waals surface area contributed by atoms with Gasteiger partial charge in [-0.1, -0.05) is 48.0 Å². The van der Waals surface area contributed by atoms with Crippen LogP contribution in [0.5, 0.6) is 0 Å².